The maximum atomic E-state index is 12.3. The first-order chi connectivity index (χ1) is 8.36. The Morgan fingerprint density at radius 3 is 2.22 bits per heavy atom. The molecule has 0 atom stereocenters. The number of benzene rings is 1. The first kappa shape index (κ1) is 12.9. The predicted octanol–water partition coefficient (Wildman–Crippen LogP) is 3.88. The van der Waals surface area contributed by atoms with E-state index in [0.717, 1.165) is 12.1 Å². The van der Waals surface area contributed by atoms with E-state index < -0.39 is 17.7 Å². The molecule has 0 amide bonds. The van der Waals surface area contributed by atoms with Gasteiger partial charge < -0.3 is 4.74 Å². The van der Waals surface area contributed by atoms with Crippen molar-refractivity contribution in [3.05, 3.63) is 51.7 Å². The first-order valence-electron chi connectivity index (χ1n) is 4.84. The molecule has 1 heterocycles. The lowest BCUT2D eigenvalue weighted by Gasteiger charge is -2.06. The van der Waals surface area contributed by atoms with Gasteiger partial charge in [0.1, 0.15) is 5.76 Å². The summed E-state index contributed by atoms with van der Waals surface area (Å²) in [5.74, 6) is -0.236. The van der Waals surface area contributed by atoms with Gasteiger partial charge in [-0.15, -0.1) is 0 Å². The van der Waals surface area contributed by atoms with Gasteiger partial charge >= 0.3 is 12.1 Å². The number of ether oxygens (including phenoxy) is 1. The third-order valence-electron chi connectivity index (χ3n) is 2.23. The number of alkyl halides is 3. The number of hydrogen-bond donors (Lipinski definition) is 0. The van der Waals surface area contributed by atoms with Gasteiger partial charge in [-0.3, -0.25) is 0 Å². The van der Waals surface area contributed by atoms with Gasteiger partial charge in [0.15, 0.2) is 0 Å². The van der Waals surface area contributed by atoms with Gasteiger partial charge in [0.2, 0.25) is 0 Å². The van der Waals surface area contributed by atoms with E-state index in [0.29, 0.717) is 10.0 Å². The fourth-order valence-electron chi connectivity index (χ4n) is 1.38. The molecule has 0 aliphatic carbocycles. The SMILES string of the molecule is O=C1C=C(Br)/C(=C/c2ccc(C(F)(F)F)cc2)O1. The number of esters is 1. The van der Waals surface area contributed by atoms with Gasteiger partial charge in [0, 0.05) is 6.08 Å². The molecule has 0 aromatic heterocycles. The Hall–Kier alpha value is -1.56. The zero-order chi connectivity index (χ0) is 13.3. The molecule has 0 unspecified atom stereocenters. The molecule has 6 heteroatoms. The largest absolute Gasteiger partial charge is 0.422 e. The highest BCUT2D eigenvalue weighted by Crippen LogP contribution is 2.30. The van der Waals surface area contributed by atoms with E-state index >= 15 is 0 Å². The Bertz CT molecular complexity index is 541. The minimum atomic E-state index is -4.36. The van der Waals surface area contributed by atoms with E-state index in [9.17, 15) is 18.0 Å². The molecule has 0 N–H and O–H groups in total. The Morgan fingerprint density at radius 1 is 1.17 bits per heavy atom. The highest BCUT2D eigenvalue weighted by molar-refractivity contribution is 9.12. The van der Waals surface area contributed by atoms with Crippen LogP contribution in [0.15, 0.2) is 40.6 Å². The van der Waals surface area contributed by atoms with Crippen LogP contribution in [0.4, 0.5) is 13.2 Å². The quantitative estimate of drug-likeness (QED) is 0.734. The summed E-state index contributed by atoms with van der Waals surface area (Å²) in [5.41, 5.74) is -0.208. The second-order valence-corrected chi connectivity index (χ2v) is 4.40. The van der Waals surface area contributed by atoms with Crippen molar-refractivity contribution in [2.45, 2.75) is 6.18 Å². The van der Waals surface area contributed by atoms with Crippen LogP contribution in [-0.2, 0) is 15.7 Å². The molecule has 2 rings (SSSR count). The summed E-state index contributed by atoms with van der Waals surface area (Å²) >= 11 is 3.12. The average molecular weight is 319 g/mol. The van der Waals surface area contributed by atoms with Gasteiger partial charge in [-0.2, -0.15) is 13.2 Å². The zero-order valence-corrected chi connectivity index (χ0v) is 10.4. The summed E-state index contributed by atoms with van der Waals surface area (Å²) in [6.07, 6.45) is -1.63. The number of cyclic esters (lactones) is 1. The van der Waals surface area contributed by atoms with Crippen molar-refractivity contribution >= 4 is 28.0 Å². The third kappa shape index (κ3) is 2.81. The molecule has 2 nitrogen and oxygen atoms in total. The molecule has 0 bridgehead atoms. The van der Waals surface area contributed by atoms with Crippen molar-refractivity contribution in [1.82, 2.24) is 0 Å². The molecule has 18 heavy (non-hydrogen) atoms. The van der Waals surface area contributed by atoms with E-state index in [4.69, 9.17) is 4.74 Å². The zero-order valence-electron chi connectivity index (χ0n) is 8.79. The summed E-state index contributed by atoms with van der Waals surface area (Å²) in [6.45, 7) is 0. The summed E-state index contributed by atoms with van der Waals surface area (Å²) in [6, 6.07) is 4.56. The molecule has 0 fully saturated rings. The predicted molar refractivity (Wildman–Crippen MR) is 62.5 cm³/mol. The monoisotopic (exact) mass is 318 g/mol. The van der Waals surface area contributed by atoms with Crippen LogP contribution in [0.25, 0.3) is 6.08 Å². The van der Waals surface area contributed by atoms with E-state index in [-0.39, 0.29) is 5.76 Å². The molecular weight excluding hydrogens is 313 g/mol. The highest BCUT2D eigenvalue weighted by atomic mass is 79.9. The lowest BCUT2D eigenvalue weighted by atomic mass is 10.1. The molecule has 0 saturated heterocycles. The average Bonchev–Trinajstić information content (AvgIpc) is 2.57. The standard InChI is InChI=1S/C12H6BrF3O2/c13-9-6-11(17)18-10(9)5-7-1-3-8(4-2-7)12(14,15)16/h1-6H/b10-5-. The number of hydrogen-bond acceptors (Lipinski definition) is 2. The number of carbonyl (C=O) groups excluding carboxylic acids is 1. The van der Waals surface area contributed by atoms with Crippen molar-refractivity contribution in [2.24, 2.45) is 0 Å². The van der Waals surface area contributed by atoms with Crippen LogP contribution in [0.1, 0.15) is 11.1 Å². The van der Waals surface area contributed by atoms with Crippen molar-refractivity contribution in [2.75, 3.05) is 0 Å². The smallest absolute Gasteiger partial charge is 0.416 e. The molecule has 0 spiro atoms. The highest BCUT2D eigenvalue weighted by Gasteiger charge is 2.29. The maximum Gasteiger partial charge on any atom is 0.416 e. The van der Waals surface area contributed by atoms with E-state index in [1.165, 1.54) is 24.3 Å². The summed E-state index contributed by atoms with van der Waals surface area (Å²) in [4.78, 5) is 10.9. The van der Waals surface area contributed by atoms with Crippen LogP contribution in [0.2, 0.25) is 0 Å². The fraction of sp³-hybridized carbons (Fsp3) is 0.0833. The number of carbonyl (C=O) groups is 1. The van der Waals surface area contributed by atoms with Crippen LogP contribution in [0.3, 0.4) is 0 Å². The Kier molecular flexibility index (Phi) is 3.30. The summed E-state index contributed by atoms with van der Waals surface area (Å²) < 4.78 is 42.3. The number of rotatable bonds is 1. The van der Waals surface area contributed by atoms with E-state index in [1.54, 1.807) is 0 Å². The molecule has 1 aliphatic heterocycles. The van der Waals surface area contributed by atoms with Gasteiger partial charge in [-0.25, -0.2) is 4.79 Å². The normalized spacial score (nSPS) is 17.9. The third-order valence-corrected chi connectivity index (χ3v) is 2.85. The van der Waals surface area contributed by atoms with Gasteiger partial charge in [-0.1, -0.05) is 12.1 Å². The van der Waals surface area contributed by atoms with E-state index in [1.807, 2.05) is 0 Å². The van der Waals surface area contributed by atoms with Crippen molar-refractivity contribution in [1.29, 1.82) is 0 Å². The molecule has 94 valence electrons. The number of allylic oxidation sites excluding steroid dienone is 1. The maximum absolute atomic E-state index is 12.3. The van der Waals surface area contributed by atoms with Crippen molar-refractivity contribution in [3.8, 4) is 0 Å². The van der Waals surface area contributed by atoms with Crippen LogP contribution in [-0.4, -0.2) is 5.97 Å². The van der Waals surface area contributed by atoms with Crippen LogP contribution in [0.5, 0.6) is 0 Å². The van der Waals surface area contributed by atoms with Gasteiger partial charge in [-0.05, 0) is 39.7 Å². The van der Waals surface area contributed by atoms with Crippen LogP contribution >= 0.6 is 15.9 Å². The molecule has 1 aromatic carbocycles. The Morgan fingerprint density at radius 2 is 1.78 bits per heavy atom. The van der Waals surface area contributed by atoms with Gasteiger partial charge in [0.05, 0.1) is 10.0 Å². The molecule has 1 aromatic rings. The number of halogens is 4. The lowest BCUT2D eigenvalue weighted by molar-refractivity contribution is -0.137. The molecule has 0 saturated carbocycles. The fourth-order valence-corrected chi connectivity index (χ4v) is 1.76. The van der Waals surface area contributed by atoms with Crippen molar-refractivity contribution in [3.63, 3.8) is 0 Å². The molecular formula is C12H6BrF3O2. The Labute approximate surface area is 109 Å². The summed E-state index contributed by atoms with van der Waals surface area (Å²) in [5, 5.41) is 0. The summed E-state index contributed by atoms with van der Waals surface area (Å²) in [7, 11) is 0. The van der Waals surface area contributed by atoms with Crippen molar-refractivity contribution < 1.29 is 22.7 Å². The lowest BCUT2D eigenvalue weighted by Crippen LogP contribution is -2.04. The minimum absolute atomic E-state index is 0.278. The van der Waals surface area contributed by atoms with Crippen LogP contribution < -0.4 is 0 Å². The second kappa shape index (κ2) is 4.61. The first-order valence-corrected chi connectivity index (χ1v) is 5.64. The van der Waals surface area contributed by atoms with E-state index in [2.05, 4.69) is 15.9 Å². The van der Waals surface area contributed by atoms with Gasteiger partial charge in [0.25, 0.3) is 0 Å². The minimum Gasteiger partial charge on any atom is -0.422 e. The Balaban J connectivity index is 2.24. The molecule has 0 radical (unpaired) electrons. The van der Waals surface area contributed by atoms with Crippen LogP contribution in [0, 0.1) is 0 Å². The second-order valence-electron chi connectivity index (χ2n) is 3.54. The topological polar surface area (TPSA) is 26.3 Å². The molecule has 1 aliphatic rings.